The van der Waals surface area contributed by atoms with Crippen molar-refractivity contribution < 1.29 is 34.1 Å². The van der Waals surface area contributed by atoms with Crippen molar-refractivity contribution in [2.75, 3.05) is 13.2 Å². The van der Waals surface area contributed by atoms with Gasteiger partial charge in [-0.05, 0) is 76.4 Å². The van der Waals surface area contributed by atoms with E-state index < -0.39 is 30.6 Å². The number of carboxylic acids is 1. The van der Waals surface area contributed by atoms with E-state index in [9.17, 15) is 19.2 Å². The van der Waals surface area contributed by atoms with E-state index in [1.165, 1.54) is 103 Å². The summed E-state index contributed by atoms with van der Waals surface area (Å²) >= 11 is 0. The molecule has 0 bridgehead atoms. The highest BCUT2D eigenvalue weighted by atomic mass is 16.5. The summed E-state index contributed by atoms with van der Waals surface area (Å²) in [7, 11) is 0. The molecule has 0 heterocycles. The smallest absolute Gasteiger partial charge is 0.328 e. The third-order valence-corrected chi connectivity index (χ3v) is 9.27. The number of esters is 1. The number of carboxylic acid groups (broad SMARTS) is 1. The molecule has 2 amide bonds. The number of aliphatic hydroxyl groups excluding tert-OH is 1. The topological polar surface area (TPSA) is 142 Å². The van der Waals surface area contributed by atoms with E-state index in [1.807, 2.05) is 24.3 Å². The first kappa shape index (κ1) is 50.8. The Bertz CT molecular complexity index is 1050. The van der Waals surface area contributed by atoms with Crippen LogP contribution in [0.5, 0.6) is 0 Å². The maximum absolute atomic E-state index is 12.6. The van der Waals surface area contributed by atoms with Crippen molar-refractivity contribution in [3.8, 4) is 0 Å². The lowest BCUT2D eigenvalue weighted by molar-refractivity contribution is -0.145. The molecule has 310 valence electrons. The molecule has 0 aromatic carbocycles. The Morgan fingerprint density at radius 3 is 1.63 bits per heavy atom. The average molecular weight is 759 g/mol. The number of unbranched alkanes of at least 4 members (excludes halogenated alkanes) is 20. The fourth-order valence-electron chi connectivity index (χ4n) is 5.96. The van der Waals surface area contributed by atoms with Crippen LogP contribution in [0.4, 0.5) is 0 Å². The van der Waals surface area contributed by atoms with Crippen LogP contribution in [0, 0.1) is 0 Å². The molecule has 54 heavy (non-hydrogen) atoms. The number of aliphatic carboxylic acids is 1. The van der Waals surface area contributed by atoms with Crippen molar-refractivity contribution in [2.24, 2.45) is 0 Å². The van der Waals surface area contributed by atoms with Crippen LogP contribution in [0.3, 0.4) is 0 Å². The number of ether oxygens (including phenoxy) is 1. The van der Waals surface area contributed by atoms with E-state index in [0.29, 0.717) is 12.8 Å². The molecular formula is C45H78N2O7. The molecular weight excluding hydrogens is 681 g/mol. The summed E-state index contributed by atoms with van der Waals surface area (Å²) in [5, 5.41) is 22.4. The summed E-state index contributed by atoms with van der Waals surface area (Å²) in [5.74, 6) is -2.47. The number of allylic oxidation sites excluding steroid dienone is 6. The van der Waals surface area contributed by atoms with Crippen molar-refractivity contribution in [1.29, 1.82) is 0 Å². The lowest BCUT2D eigenvalue weighted by Crippen LogP contribution is -2.47. The molecule has 0 aliphatic rings. The van der Waals surface area contributed by atoms with E-state index >= 15 is 0 Å². The van der Waals surface area contributed by atoms with Gasteiger partial charge in [-0.1, -0.05) is 147 Å². The van der Waals surface area contributed by atoms with E-state index in [0.717, 1.165) is 51.4 Å². The van der Waals surface area contributed by atoms with Gasteiger partial charge in [0.15, 0.2) is 0 Å². The van der Waals surface area contributed by atoms with Crippen LogP contribution in [-0.4, -0.2) is 59.3 Å². The molecule has 0 saturated heterocycles. The molecule has 2 atom stereocenters. The summed E-state index contributed by atoms with van der Waals surface area (Å²) in [6, 6.07) is -1.39. The van der Waals surface area contributed by atoms with Gasteiger partial charge in [0, 0.05) is 12.8 Å². The fourth-order valence-corrected chi connectivity index (χ4v) is 5.96. The molecule has 0 aromatic heterocycles. The Labute approximate surface area is 328 Å². The van der Waals surface area contributed by atoms with E-state index in [-0.39, 0.29) is 24.8 Å². The minimum atomic E-state index is -1.39. The lowest BCUT2D eigenvalue weighted by atomic mass is 10.1. The fraction of sp³-hybridized carbons (Fsp3) is 0.733. The second-order valence-electron chi connectivity index (χ2n) is 14.4. The minimum absolute atomic E-state index is 0.167. The Morgan fingerprint density at radius 2 is 1.07 bits per heavy atom. The molecule has 0 radical (unpaired) electrons. The van der Waals surface area contributed by atoms with E-state index in [4.69, 9.17) is 14.9 Å². The maximum Gasteiger partial charge on any atom is 0.328 e. The number of carbonyl (C=O) groups excluding carboxylic acids is 3. The highest BCUT2D eigenvalue weighted by Gasteiger charge is 2.18. The number of carbonyl (C=O) groups is 4. The number of rotatable bonds is 38. The Balaban J connectivity index is 4.06. The van der Waals surface area contributed by atoms with Crippen LogP contribution in [-0.2, 0) is 23.9 Å². The molecule has 0 fully saturated rings. The van der Waals surface area contributed by atoms with Crippen LogP contribution < -0.4 is 10.6 Å². The predicted molar refractivity (Wildman–Crippen MR) is 222 cm³/mol. The quantitative estimate of drug-likeness (QED) is 0.0279. The maximum atomic E-state index is 12.6. The average Bonchev–Trinajstić information content (AvgIpc) is 3.15. The van der Waals surface area contributed by atoms with Crippen LogP contribution in [0.1, 0.15) is 187 Å². The third-order valence-electron chi connectivity index (χ3n) is 9.27. The Hall–Kier alpha value is -3.20. The highest BCUT2D eigenvalue weighted by molar-refractivity contribution is 5.87. The molecule has 4 N–H and O–H groups in total. The van der Waals surface area contributed by atoms with Crippen molar-refractivity contribution >= 4 is 23.8 Å². The Morgan fingerprint density at radius 1 is 0.574 bits per heavy atom. The molecule has 0 aliphatic carbocycles. The van der Waals surface area contributed by atoms with E-state index in [1.54, 1.807) is 0 Å². The van der Waals surface area contributed by atoms with Gasteiger partial charge in [0.1, 0.15) is 12.1 Å². The first-order valence-corrected chi connectivity index (χ1v) is 21.6. The van der Waals surface area contributed by atoms with Gasteiger partial charge < -0.3 is 25.6 Å². The van der Waals surface area contributed by atoms with Gasteiger partial charge in [-0.15, -0.1) is 0 Å². The molecule has 0 saturated carbocycles. The van der Waals surface area contributed by atoms with Gasteiger partial charge in [0.25, 0.3) is 0 Å². The molecule has 0 rings (SSSR count). The van der Waals surface area contributed by atoms with Crippen LogP contribution in [0.15, 0.2) is 48.6 Å². The number of nitrogens with one attached hydrogen (secondary N) is 2. The van der Waals surface area contributed by atoms with Crippen molar-refractivity contribution in [3.05, 3.63) is 48.6 Å². The van der Waals surface area contributed by atoms with Gasteiger partial charge in [0.05, 0.1) is 13.2 Å². The first-order chi connectivity index (χ1) is 26.3. The predicted octanol–water partition coefficient (Wildman–Crippen LogP) is 10.4. The second kappa shape index (κ2) is 39.5. The Kier molecular flexibility index (Phi) is 37.2. The summed E-state index contributed by atoms with van der Waals surface area (Å²) in [5.41, 5.74) is 0. The van der Waals surface area contributed by atoms with Crippen LogP contribution in [0.2, 0.25) is 0 Å². The number of hydrogen-bond acceptors (Lipinski definition) is 6. The summed E-state index contributed by atoms with van der Waals surface area (Å²) in [6.07, 6.45) is 46.4. The normalized spacial score (nSPS) is 12.9. The first-order valence-electron chi connectivity index (χ1n) is 21.6. The molecule has 0 aliphatic heterocycles. The molecule has 0 spiro atoms. The highest BCUT2D eigenvalue weighted by Crippen LogP contribution is 2.14. The van der Waals surface area contributed by atoms with Crippen molar-refractivity contribution in [3.63, 3.8) is 0 Å². The third kappa shape index (κ3) is 35.8. The standard InChI is InChI=1S/C45H78N2O7/c1-3-5-7-9-10-11-12-13-14-15-16-17-18-19-20-21-22-23-24-29-33-37-44(51)54-40(34-30-26-8-6-4-2)35-31-27-25-28-32-36-42(49)46-38-43(50)47-41(39-48)45(52)53/h6,8,15-16,30-31,34-35,40-41,48H,3-5,7,9-14,17-29,32-33,36-39H2,1-2H3,(H,46,49)(H,47,50)(H,52,53)/b8-6-,16-15-,34-30-,35-31-. The number of amides is 2. The second-order valence-corrected chi connectivity index (χ2v) is 14.4. The minimum Gasteiger partial charge on any atom is -0.480 e. The van der Waals surface area contributed by atoms with Crippen LogP contribution >= 0.6 is 0 Å². The van der Waals surface area contributed by atoms with Crippen molar-refractivity contribution in [2.45, 2.75) is 199 Å². The number of hydrogen-bond donors (Lipinski definition) is 4. The van der Waals surface area contributed by atoms with Gasteiger partial charge in [0.2, 0.25) is 11.8 Å². The van der Waals surface area contributed by atoms with Crippen LogP contribution in [0.25, 0.3) is 0 Å². The summed E-state index contributed by atoms with van der Waals surface area (Å²) in [6.45, 7) is 3.30. The zero-order chi connectivity index (χ0) is 39.7. The van der Waals surface area contributed by atoms with Gasteiger partial charge in [-0.3, -0.25) is 14.4 Å². The molecule has 0 aromatic rings. The SMILES string of the molecule is CC/C=C\C/C=C\C(/C=C\CCCCCC(=O)NCC(=O)NC(CO)C(=O)O)OC(=O)CCCCCCCCCCC/C=C\CCCCCCCCCC. The summed E-state index contributed by atoms with van der Waals surface area (Å²) < 4.78 is 5.78. The zero-order valence-corrected chi connectivity index (χ0v) is 34.2. The largest absolute Gasteiger partial charge is 0.480 e. The van der Waals surface area contributed by atoms with Gasteiger partial charge in [-0.25, -0.2) is 4.79 Å². The summed E-state index contributed by atoms with van der Waals surface area (Å²) in [4.78, 5) is 47.2. The lowest BCUT2D eigenvalue weighted by Gasteiger charge is -2.12. The van der Waals surface area contributed by atoms with Gasteiger partial charge >= 0.3 is 11.9 Å². The van der Waals surface area contributed by atoms with Gasteiger partial charge in [-0.2, -0.15) is 0 Å². The van der Waals surface area contributed by atoms with E-state index in [2.05, 4.69) is 48.8 Å². The van der Waals surface area contributed by atoms with Crippen molar-refractivity contribution in [1.82, 2.24) is 10.6 Å². The molecule has 9 nitrogen and oxygen atoms in total. The zero-order valence-electron chi connectivity index (χ0n) is 34.2. The molecule has 2 unspecified atom stereocenters. The number of aliphatic hydroxyl groups is 1. The monoisotopic (exact) mass is 759 g/mol. The molecule has 9 heteroatoms.